The van der Waals surface area contributed by atoms with E-state index in [1.165, 1.54) is 32.1 Å². The molecular weight excluding hydrogens is 348 g/mol. The minimum absolute atomic E-state index is 0.110. The van der Waals surface area contributed by atoms with Crippen LogP contribution in [0.15, 0.2) is 11.6 Å². The van der Waals surface area contributed by atoms with E-state index < -0.39 is 17.4 Å². The van der Waals surface area contributed by atoms with Gasteiger partial charge in [0.25, 0.3) is 0 Å². The first-order valence-electron chi connectivity index (χ1n) is 11.3. The molecule has 4 aliphatic rings. The largest absolute Gasteiger partial charge is 0.393 e. The maximum atomic E-state index is 12.1. The van der Waals surface area contributed by atoms with E-state index >= 15 is 0 Å². The molecule has 0 aliphatic heterocycles. The van der Waals surface area contributed by atoms with Gasteiger partial charge in [-0.25, -0.2) is 0 Å². The summed E-state index contributed by atoms with van der Waals surface area (Å²) in [5.41, 5.74) is 0.767. The molecule has 4 rings (SSSR count). The van der Waals surface area contributed by atoms with Crippen molar-refractivity contribution in [1.29, 1.82) is 0 Å². The average molecular weight is 387 g/mol. The topological polar surface area (TPSA) is 54.4 Å². The fourth-order valence-corrected chi connectivity index (χ4v) is 9.10. The molecule has 0 aromatic rings. The molecule has 0 heterocycles. The van der Waals surface area contributed by atoms with E-state index in [2.05, 4.69) is 34.6 Å². The number of aliphatic hydroxyl groups is 1. The zero-order chi connectivity index (χ0) is 20.5. The predicted molar refractivity (Wildman–Crippen MR) is 111 cm³/mol. The van der Waals surface area contributed by atoms with Crippen molar-refractivity contribution in [3.63, 3.8) is 0 Å². The number of aldehydes is 2. The van der Waals surface area contributed by atoms with Gasteiger partial charge in [-0.3, -0.25) is 4.79 Å². The number of carbonyl (C=O) groups is 2. The van der Waals surface area contributed by atoms with E-state index in [9.17, 15) is 14.7 Å². The quantitative estimate of drug-likeness (QED) is 0.682. The highest BCUT2D eigenvalue weighted by molar-refractivity contribution is 5.82. The van der Waals surface area contributed by atoms with Crippen molar-refractivity contribution >= 4 is 12.6 Å². The van der Waals surface area contributed by atoms with Crippen LogP contribution in [0.3, 0.4) is 0 Å². The van der Waals surface area contributed by atoms with Crippen molar-refractivity contribution in [2.24, 2.45) is 45.3 Å². The lowest BCUT2D eigenvalue weighted by Crippen LogP contribution is -2.66. The van der Waals surface area contributed by atoms with Crippen molar-refractivity contribution in [3.05, 3.63) is 11.6 Å². The first-order chi connectivity index (χ1) is 13.1. The summed E-state index contributed by atoms with van der Waals surface area (Å²) in [5.74, 6) is 0.945. The highest BCUT2D eigenvalue weighted by atomic mass is 16.3. The Bertz CT molecular complexity index is 709. The van der Waals surface area contributed by atoms with Gasteiger partial charge >= 0.3 is 0 Å². The molecular formula is C25H38O3. The van der Waals surface area contributed by atoms with Crippen molar-refractivity contribution in [3.8, 4) is 0 Å². The summed E-state index contributed by atoms with van der Waals surface area (Å²) >= 11 is 0. The van der Waals surface area contributed by atoms with Gasteiger partial charge < -0.3 is 9.90 Å². The van der Waals surface area contributed by atoms with Gasteiger partial charge in [0.1, 0.15) is 12.6 Å². The summed E-state index contributed by atoms with van der Waals surface area (Å²) < 4.78 is 0. The van der Waals surface area contributed by atoms with Gasteiger partial charge in [-0.05, 0) is 78.1 Å². The summed E-state index contributed by atoms with van der Waals surface area (Å²) in [6.07, 6.45) is 11.1. The van der Waals surface area contributed by atoms with E-state index in [0.29, 0.717) is 22.8 Å². The van der Waals surface area contributed by atoms with Crippen LogP contribution in [-0.4, -0.2) is 23.8 Å². The third-order valence-corrected chi connectivity index (χ3v) is 10.5. The highest BCUT2D eigenvalue weighted by Crippen LogP contribution is 2.72. The normalized spacial score (nSPS) is 52.5. The summed E-state index contributed by atoms with van der Waals surface area (Å²) in [7, 11) is 0. The third-order valence-electron chi connectivity index (χ3n) is 10.5. The van der Waals surface area contributed by atoms with E-state index in [1.54, 1.807) is 0 Å². The monoisotopic (exact) mass is 386 g/mol. The first kappa shape index (κ1) is 20.3. The van der Waals surface area contributed by atoms with E-state index in [1.807, 2.05) is 6.08 Å². The lowest BCUT2D eigenvalue weighted by molar-refractivity contribution is -0.231. The number of fused-ring (bicyclic) bond motifs is 5. The standard InChI is InChI=1S/C25H38O3/c1-22(2)10-6-11-23(3)18(22)9-12-24(4)19-8-7-16(14-26)17(15-27)25(19,5)21(28)13-20(23)24/h7,14-15,17-21,28H,6,8-13H2,1-5H3/t17-,18+,19-,20+,21-,23-,24-,25+/m0/s1. The Morgan fingerprint density at radius 3 is 2.29 bits per heavy atom. The molecule has 0 aromatic heterocycles. The Balaban J connectivity index is 1.81. The number of hydrogen-bond donors (Lipinski definition) is 1. The van der Waals surface area contributed by atoms with Crippen LogP contribution in [0.25, 0.3) is 0 Å². The second kappa shape index (κ2) is 6.27. The van der Waals surface area contributed by atoms with Crippen molar-refractivity contribution < 1.29 is 14.7 Å². The molecule has 0 bridgehead atoms. The maximum absolute atomic E-state index is 12.1. The fourth-order valence-electron chi connectivity index (χ4n) is 9.10. The molecule has 0 radical (unpaired) electrons. The van der Waals surface area contributed by atoms with Crippen LogP contribution in [0.2, 0.25) is 0 Å². The molecule has 0 saturated heterocycles. The number of hydrogen-bond acceptors (Lipinski definition) is 3. The molecule has 0 amide bonds. The summed E-state index contributed by atoms with van der Waals surface area (Å²) in [6, 6.07) is 0. The Morgan fingerprint density at radius 1 is 0.964 bits per heavy atom. The molecule has 0 aromatic carbocycles. The number of carbonyl (C=O) groups excluding carboxylic acids is 2. The van der Waals surface area contributed by atoms with Crippen LogP contribution in [-0.2, 0) is 9.59 Å². The molecule has 4 aliphatic carbocycles. The highest BCUT2D eigenvalue weighted by Gasteiger charge is 2.67. The van der Waals surface area contributed by atoms with Crippen LogP contribution in [0, 0.1) is 45.3 Å². The number of aliphatic hydroxyl groups excluding tert-OH is 1. The number of rotatable bonds is 2. The van der Waals surface area contributed by atoms with E-state index in [4.69, 9.17) is 0 Å². The Kier molecular flexibility index (Phi) is 4.55. The Morgan fingerprint density at radius 2 is 1.64 bits per heavy atom. The van der Waals surface area contributed by atoms with Gasteiger partial charge in [0.15, 0.2) is 0 Å². The van der Waals surface area contributed by atoms with Crippen molar-refractivity contribution in [2.75, 3.05) is 0 Å². The van der Waals surface area contributed by atoms with Crippen LogP contribution < -0.4 is 0 Å². The first-order valence-corrected chi connectivity index (χ1v) is 11.3. The lowest BCUT2D eigenvalue weighted by Gasteiger charge is -2.70. The molecule has 0 unspecified atom stereocenters. The third kappa shape index (κ3) is 2.38. The predicted octanol–water partition coefficient (Wildman–Crippen LogP) is 4.97. The van der Waals surface area contributed by atoms with Gasteiger partial charge in [0.05, 0.1) is 12.0 Å². The molecule has 28 heavy (non-hydrogen) atoms. The van der Waals surface area contributed by atoms with Gasteiger partial charge in [-0.2, -0.15) is 0 Å². The maximum Gasteiger partial charge on any atom is 0.146 e. The summed E-state index contributed by atoms with van der Waals surface area (Å²) in [6.45, 7) is 11.9. The van der Waals surface area contributed by atoms with Crippen LogP contribution in [0.1, 0.15) is 79.6 Å². The van der Waals surface area contributed by atoms with Crippen LogP contribution >= 0.6 is 0 Å². The van der Waals surface area contributed by atoms with Gasteiger partial charge in [0, 0.05) is 5.41 Å². The van der Waals surface area contributed by atoms with Crippen molar-refractivity contribution in [1.82, 2.24) is 0 Å². The minimum atomic E-state index is -0.536. The molecule has 3 fully saturated rings. The molecule has 3 heteroatoms. The Hall–Kier alpha value is -0.960. The molecule has 8 atom stereocenters. The molecule has 1 N–H and O–H groups in total. The van der Waals surface area contributed by atoms with Crippen molar-refractivity contribution in [2.45, 2.75) is 85.7 Å². The zero-order valence-corrected chi connectivity index (χ0v) is 18.3. The van der Waals surface area contributed by atoms with Crippen LogP contribution in [0.5, 0.6) is 0 Å². The lowest BCUT2D eigenvalue weighted by atomic mass is 9.35. The van der Waals surface area contributed by atoms with Gasteiger partial charge in [-0.15, -0.1) is 0 Å². The Labute approximate surface area is 170 Å². The second-order valence-electron chi connectivity index (χ2n) is 11.8. The van der Waals surface area contributed by atoms with E-state index in [-0.39, 0.29) is 16.7 Å². The average Bonchev–Trinajstić information content (AvgIpc) is 2.62. The summed E-state index contributed by atoms with van der Waals surface area (Å²) in [4.78, 5) is 23.7. The summed E-state index contributed by atoms with van der Waals surface area (Å²) in [5, 5.41) is 11.5. The molecule has 3 nitrogen and oxygen atoms in total. The second-order valence-corrected chi connectivity index (χ2v) is 11.8. The van der Waals surface area contributed by atoms with Gasteiger partial charge in [-0.1, -0.05) is 47.1 Å². The zero-order valence-electron chi connectivity index (χ0n) is 18.3. The minimum Gasteiger partial charge on any atom is -0.393 e. The van der Waals surface area contributed by atoms with E-state index in [0.717, 1.165) is 25.4 Å². The van der Waals surface area contributed by atoms with Crippen LogP contribution in [0.4, 0.5) is 0 Å². The SMILES string of the molecule is CC1(C)CCC[C@]2(C)[C@H]3C[C@H](O)[C@]4(C)[C@@H](C=O)C(C=O)=CC[C@H]4[C@]3(C)CC[C@H]12. The van der Waals surface area contributed by atoms with Gasteiger partial charge in [0.2, 0.25) is 0 Å². The number of allylic oxidation sites excluding steroid dienone is 2. The molecule has 0 spiro atoms. The molecule has 156 valence electrons. The smallest absolute Gasteiger partial charge is 0.146 e. The molecule has 3 saturated carbocycles. The fraction of sp³-hybridized carbons (Fsp3) is 0.840.